The van der Waals surface area contributed by atoms with Gasteiger partial charge in [-0.05, 0) is 64.6 Å². The second kappa shape index (κ2) is 7.84. The Morgan fingerprint density at radius 2 is 2.10 bits per heavy atom. The van der Waals surface area contributed by atoms with E-state index in [4.69, 9.17) is 0 Å². The molecule has 0 aliphatic carbocycles. The summed E-state index contributed by atoms with van der Waals surface area (Å²) in [4.78, 5) is 26.3. The maximum Gasteiger partial charge on any atom is 0.268 e. The molecule has 0 atom stereocenters. The molecule has 0 unspecified atom stereocenters. The van der Waals surface area contributed by atoms with Gasteiger partial charge in [0.05, 0.1) is 16.1 Å². The first-order valence-corrected chi connectivity index (χ1v) is 11.3. The number of hydrogen-bond acceptors (Lipinski definition) is 5. The number of carbonyl (C=O) groups excluding carboxylic acids is 2. The molecule has 154 valence electrons. The van der Waals surface area contributed by atoms with Gasteiger partial charge in [0.1, 0.15) is 10.8 Å². The molecule has 0 radical (unpaired) electrons. The van der Waals surface area contributed by atoms with Gasteiger partial charge in [-0.25, -0.2) is 9.40 Å². The molecule has 1 aromatic carbocycles. The lowest BCUT2D eigenvalue weighted by Gasteiger charge is -2.31. The average Bonchev–Trinajstić information content (AvgIpc) is 2.90. The van der Waals surface area contributed by atoms with Crippen molar-refractivity contribution in [3.63, 3.8) is 0 Å². The van der Waals surface area contributed by atoms with Gasteiger partial charge in [0.25, 0.3) is 11.8 Å². The van der Waals surface area contributed by atoms with Gasteiger partial charge >= 0.3 is 0 Å². The van der Waals surface area contributed by atoms with Crippen molar-refractivity contribution in [1.82, 2.24) is 15.8 Å². The Labute approximate surface area is 186 Å². The first-order valence-electron chi connectivity index (χ1n) is 9.45. The van der Waals surface area contributed by atoms with E-state index >= 15 is 0 Å². The van der Waals surface area contributed by atoms with E-state index in [-0.39, 0.29) is 22.9 Å². The highest BCUT2D eigenvalue weighted by Gasteiger charge is 2.35. The molecule has 1 aromatic heterocycles. The molecule has 0 bridgehead atoms. The van der Waals surface area contributed by atoms with Crippen LogP contribution in [0.4, 0.5) is 15.1 Å². The summed E-state index contributed by atoms with van der Waals surface area (Å²) < 4.78 is 15.2. The highest BCUT2D eigenvalue weighted by atomic mass is 127. The van der Waals surface area contributed by atoms with Crippen LogP contribution in [0.3, 0.4) is 0 Å². The zero-order valence-electron chi connectivity index (χ0n) is 16.2. The number of fused-ring (bicyclic) bond motifs is 1. The van der Waals surface area contributed by atoms with E-state index in [0.29, 0.717) is 28.4 Å². The van der Waals surface area contributed by atoms with Crippen LogP contribution in [0, 0.1) is 14.8 Å². The molecule has 0 saturated carbocycles. The van der Waals surface area contributed by atoms with Gasteiger partial charge in [0.2, 0.25) is 0 Å². The van der Waals surface area contributed by atoms with Gasteiger partial charge < -0.3 is 10.6 Å². The highest BCUT2D eigenvalue weighted by Crippen LogP contribution is 2.40. The Balaban J connectivity index is 1.78. The van der Waals surface area contributed by atoms with Crippen molar-refractivity contribution >= 4 is 56.4 Å². The molecule has 2 aliphatic rings. The zero-order chi connectivity index (χ0) is 20.8. The van der Waals surface area contributed by atoms with Gasteiger partial charge in [0.15, 0.2) is 0 Å². The van der Waals surface area contributed by atoms with Crippen molar-refractivity contribution in [2.45, 2.75) is 26.7 Å². The number of thiophene rings is 1. The first-order chi connectivity index (χ1) is 13.7. The van der Waals surface area contributed by atoms with Crippen LogP contribution in [0.5, 0.6) is 0 Å². The maximum absolute atomic E-state index is 14.4. The number of amides is 2. The van der Waals surface area contributed by atoms with Crippen LogP contribution in [0.25, 0.3) is 0 Å². The molecule has 1 saturated heterocycles. The van der Waals surface area contributed by atoms with Crippen LogP contribution in [0.1, 0.15) is 45.9 Å². The molecule has 9 heteroatoms. The predicted octanol–water partition coefficient (Wildman–Crippen LogP) is 3.90. The molecule has 2 amide bonds. The minimum Gasteiger partial charge on any atom is -0.351 e. The minimum atomic E-state index is -0.403. The van der Waals surface area contributed by atoms with E-state index in [1.807, 2.05) is 27.6 Å². The van der Waals surface area contributed by atoms with Crippen LogP contribution in [-0.2, 0) is 6.42 Å². The fraction of sp³-hybridized carbons (Fsp3) is 0.400. The second-order valence-corrected chi connectivity index (χ2v) is 10.4. The number of anilines is 2. The predicted molar refractivity (Wildman–Crippen MR) is 120 cm³/mol. The number of benzene rings is 1. The molecule has 6 nitrogen and oxygen atoms in total. The van der Waals surface area contributed by atoms with E-state index < -0.39 is 5.82 Å². The summed E-state index contributed by atoms with van der Waals surface area (Å²) in [5, 5.41) is 8.35. The standard InChI is InChI=1S/C20H22FIN4O2S/c1-20(2)9-12-15(17(27)25-26-6-3-7-26)19(29-16(12)18(28)23-10-20)24-14-5-4-11(22)8-13(14)21/h4-5,8,24H,3,6-7,9-10H2,1-2H3,(H,23,28)(H,25,27). The van der Waals surface area contributed by atoms with Crippen LogP contribution in [0.15, 0.2) is 18.2 Å². The summed E-state index contributed by atoms with van der Waals surface area (Å²) in [6.45, 7) is 6.26. The topological polar surface area (TPSA) is 73.5 Å². The quantitative estimate of drug-likeness (QED) is 0.527. The van der Waals surface area contributed by atoms with E-state index in [1.54, 1.807) is 12.1 Å². The van der Waals surface area contributed by atoms with Gasteiger partial charge in [-0.3, -0.25) is 15.0 Å². The molecule has 2 aliphatic heterocycles. The van der Waals surface area contributed by atoms with Gasteiger partial charge in [-0.1, -0.05) is 13.8 Å². The SMILES string of the molecule is CC1(C)CNC(=O)c2sc(Nc3ccc(I)cc3F)c(C(=O)NN3CCC3)c2C1. The van der Waals surface area contributed by atoms with Crippen LogP contribution < -0.4 is 16.1 Å². The summed E-state index contributed by atoms with van der Waals surface area (Å²) in [5.74, 6) is -0.856. The third-order valence-corrected chi connectivity index (χ3v) is 6.94. The Bertz CT molecular complexity index is 987. The minimum absolute atomic E-state index is 0.190. The third kappa shape index (κ3) is 4.26. The Morgan fingerprint density at radius 3 is 2.76 bits per heavy atom. The number of nitrogens with zero attached hydrogens (tertiary/aromatic N) is 1. The molecule has 29 heavy (non-hydrogen) atoms. The first kappa shape index (κ1) is 20.5. The number of carbonyl (C=O) groups is 2. The number of rotatable bonds is 4. The number of hydrazine groups is 1. The molecule has 0 spiro atoms. The molecular weight excluding hydrogens is 506 g/mol. The summed E-state index contributed by atoms with van der Waals surface area (Å²) >= 11 is 3.25. The summed E-state index contributed by atoms with van der Waals surface area (Å²) in [5.41, 5.74) is 4.15. The van der Waals surface area contributed by atoms with Crippen molar-refractivity contribution in [2.24, 2.45) is 5.41 Å². The van der Waals surface area contributed by atoms with E-state index in [1.165, 1.54) is 17.4 Å². The van der Waals surface area contributed by atoms with Crippen molar-refractivity contribution in [3.8, 4) is 0 Å². The highest BCUT2D eigenvalue weighted by molar-refractivity contribution is 14.1. The summed E-state index contributed by atoms with van der Waals surface area (Å²) in [7, 11) is 0. The van der Waals surface area contributed by atoms with Crippen LogP contribution in [0.2, 0.25) is 0 Å². The lowest BCUT2D eigenvalue weighted by molar-refractivity contribution is 0.0642. The monoisotopic (exact) mass is 528 g/mol. The Kier molecular flexibility index (Phi) is 5.56. The van der Waals surface area contributed by atoms with Crippen molar-refractivity contribution in [2.75, 3.05) is 25.0 Å². The third-order valence-electron chi connectivity index (χ3n) is 5.12. The van der Waals surface area contributed by atoms with E-state index in [0.717, 1.165) is 28.6 Å². The van der Waals surface area contributed by atoms with E-state index in [2.05, 4.69) is 29.9 Å². The Hall–Kier alpha value is -1.72. The van der Waals surface area contributed by atoms with Gasteiger partial charge in [0, 0.05) is 23.2 Å². The number of halogens is 2. The normalized spacial score (nSPS) is 18.3. The molecule has 3 N–H and O–H groups in total. The van der Waals surface area contributed by atoms with Crippen molar-refractivity contribution in [1.29, 1.82) is 0 Å². The molecule has 3 heterocycles. The maximum atomic E-state index is 14.4. The lowest BCUT2D eigenvalue weighted by atomic mass is 9.85. The average molecular weight is 528 g/mol. The number of hydrogen-bond donors (Lipinski definition) is 3. The van der Waals surface area contributed by atoms with Crippen LogP contribution in [-0.4, -0.2) is 36.5 Å². The molecule has 2 aromatic rings. The smallest absolute Gasteiger partial charge is 0.268 e. The summed E-state index contributed by atoms with van der Waals surface area (Å²) in [6, 6.07) is 4.86. The number of nitrogens with one attached hydrogen (secondary N) is 3. The fourth-order valence-electron chi connectivity index (χ4n) is 3.43. The second-order valence-electron chi connectivity index (χ2n) is 8.17. The van der Waals surface area contributed by atoms with E-state index in [9.17, 15) is 14.0 Å². The molecular formula is C20H22FIN4O2S. The van der Waals surface area contributed by atoms with Gasteiger partial charge in [-0.15, -0.1) is 11.3 Å². The van der Waals surface area contributed by atoms with Crippen molar-refractivity contribution in [3.05, 3.63) is 43.6 Å². The molecule has 1 fully saturated rings. The molecule has 4 rings (SSSR count). The van der Waals surface area contributed by atoms with Crippen LogP contribution >= 0.6 is 33.9 Å². The van der Waals surface area contributed by atoms with Gasteiger partial charge in [-0.2, -0.15) is 0 Å². The lowest BCUT2D eigenvalue weighted by Crippen LogP contribution is -2.50. The Morgan fingerprint density at radius 1 is 1.34 bits per heavy atom. The zero-order valence-corrected chi connectivity index (χ0v) is 19.2. The van der Waals surface area contributed by atoms with Crippen molar-refractivity contribution < 1.29 is 14.0 Å². The fourth-order valence-corrected chi connectivity index (χ4v) is 5.03. The largest absolute Gasteiger partial charge is 0.351 e. The summed E-state index contributed by atoms with van der Waals surface area (Å²) in [6.07, 6.45) is 1.62.